The van der Waals surface area contributed by atoms with Crippen molar-refractivity contribution in [2.24, 2.45) is 0 Å². The Kier molecular flexibility index (Phi) is 6.72. The third-order valence-electron chi connectivity index (χ3n) is 5.71. The van der Waals surface area contributed by atoms with Crippen LogP contribution in [0.15, 0.2) is 30.3 Å². The van der Waals surface area contributed by atoms with Gasteiger partial charge in [0.15, 0.2) is 0 Å². The van der Waals surface area contributed by atoms with E-state index < -0.39 is 17.7 Å². The van der Waals surface area contributed by atoms with Gasteiger partial charge in [0, 0.05) is 24.3 Å². The van der Waals surface area contributed by atoms with Gasteiger partial charge in [0.1, 0.15) is 5.69 Å². The molecule has 1 aliphatic heterocycles. The van der Waals surface area contributed by atoms with Crippen LogP contribution in [0.2, 0.25) is 0 Å². The Morgan fingerprint density at radius 2 is 1.80 bits per heavy atom. The van der Waals surface area contributed by atoms with E-state index in [-0.39, 0.29) is 18.3 Å². The van der Waals surface area contributed by atoms with Gasteiger partial charge in [-0.25, -0.2) is 4.79 Å². The Labute approximate surface area is 177 Å². The summed E-state index contributed by atoms with van der Waals surface area (Å²) in [4.78, 5) is 45.7. The number of hydrogen-bond donors (Lipinski definition) is 1. The smallest absolute Gasteiger partial charge is 0.340 e. The van der Waals surface area contributed by atoms with Crippen LogP contribution in [0.3, 0.4) is 0 Å². The van der Waals surface area contributed by atoms with Crippen LogP contribution in [0, 0.1) is 6.92 Å². The molecule has 0 radical (unpaired) electrons. The highest BCUT2D eigenvalue weighted by atomic mass is 16.5. The summed E-state index contributed by atoms with van der Waals surface area (Å²) >= 11 is 0. The molecule has 1 fully saturated rings. The van der Waals surface area contributed by atoms with Gasteiger partial charge in [-0.1, -0.05) is 30.3 Å². The highest BCUT2D eigenvalue weighted by molar-refractivity contribution is 6.43. The molecule has 1 aliphatic rings. The summed E-state index contributed by atoms with van der Waals surface area (Å²) in [5, 5.41) is 0. The van der Waals surface area contributed by atoms with Crippen molar-refractivity contribution in [3.05, 3.63) is 47.3 Å². The topological polar surface area (TPSA) is 82.7 Å². The Bertz CT molecular complexity index is 927. The van der Waals surface area contributed by atoms with Crippen molar-refractivity contribution in [3.63, 3.8) is 0 Å². The van der Waals surface area contributed by atoms with E-state index in [4.69, 9.17) is 4.74 Å². The van der Waals surface area contributed by atoms with E-state index in [1.165, 1.54) is 0 Å². The summed E-state index contributed by atoms with van der Waals surface area (Å²) in [6.07, 6.45) is 1.66. The maximum atomic E-state index is 13.2. The highest BCUT2D eigenvalue weighted by Crippen LogP contribution is 2.32. The van der Waals surface area contributed by atoms with Gasteiger partial charge < -0.3 is 19.5 Å². The molecule has 0 unspecified atom stereocenters. The van der Waals surface area contributed by atoms with E-state index >= 15 is 0 Å². The van der Waals surface area contributed by atoms with Crippen LogP contribution in [0.1, 0.15) is 46.3 Å². The molecule has 1 amide bonds. The minimum absolute atomic E-state index is 0.0263. The fourth-order valence-electron chi connectivity index (χ4n) is 3.96. The third-order valence-corrected chi connectivity index (χ3v) is 5.71. The molecule has 2 aromatic rings. The summed E-state index contributed by atoms with van der Waals surface area (Å²) in [6.45, 7) is 5.44. The molecule has 0 saturated carbocycles. The number of aromatic amines is 1. The monoisotopic (exact) mass is 411 g/mol. The number of nitrogens with zero attached hydrogens (tertiary/aromatic N) is 2. The molecule has 7 heteroatoms. The first-order valence-corrected chi connectivity index (χ1v) is 10.3. The molecular formula is C23H29N3O4. The zero-order chi connectivity index (χ0) is 21.8. The quantitative estimate of drug-likeness (QED) is 0.449. The van der Waals surface area contributed by atoms with Crippen LogP contribution in [0.5, 0.6) is 0 Å². The molecule has 1 N–H and O–H groups in total. The molecule has 1 aromatic carbocycles. The summed E-state index contributed by atoms with van der Waals surface area (Å²) in [5.74, 6) is -1.73. The van der Waals surface area contributed by atoms with Crippen LogP contribution in [-0.2, 0) is 9.53 Å². The zero-order valence-corrected chi connectivity index (χ0v) is 18.0. The van der Waals surface area contributed by atoms with Crippen molar-refractivity contribution >= 4 is 17.7 Å². The summed E-state index contributed by atoms with van der Waals surface area (Å²) in [6, 6.07) is 9.16. The first kappa shape index (κ1) is 21.8. The van der Waals surface area contributed by atoms with Gasteiger partial charge in [-0.15, -0.1) is 0 Å². The fourth-order valence-corrected chi connectivity index (χ4v) is 3.96. The van der Waals surface area contributed by atoms with E-state index in [2.05, 4.69) is 9.88 Å². The number of benzene rings is 1. The number of aromatic nitrogens is 1. The number of esters is 1. The van der Waals surface area contributed by atoms with Crippen LogP contribution < -0.4 is 0 Å². The number of Topliss-reactive ketones (excluding diaryl/α,β-unsaturated/α-hetero) is 1. The Morgan fingerprint density at radius 1 is 1.17 bits per heavy atom. The number of aryl methyl sites for hydroxylation is 1. The van der Waals surface area contributed by atoms with E-state index in [0.717, 1.165) is 25.9 Å². The molecule has 3 rings (SSSR count). The van der Waals surface area contributed by atoms with E-state index in [1.54, 1.807) is 25.8 Å². The molecule has 0 atom stereocenters. The number of carbonyl (C=O) groups is 3. The molecule has 2 heterocycles. The summed E-state index contributed by atoms with van der Waals surface area (Å²) in [5.41, 5.74) is 2.03. The Hall–Kier alpha value is -2.93. The number of rotatable bonds is 6. The van der Waals surface area contributed by atoms with Gasteiger partial charge in [-0.3, -0.25) is 9.59 Å². The second kappa shape index (κ2) is 9.26. The summed E-state index contributed by atoms with van der Waals surface area (Å²) in [7, 11) is 3.73. The van der Waals surface area contributed by atoms with Crippen LogP contribution >= 0.6 is 0 Å². The minimum atomic E-state index is -0.645. The molecule has 1 aromatic heterocycles. The number of hydrogen-bond acceptors (Lipinski definition) is 5. The number of carbonyl (C=O) groups excluding carboxylic acids is 3. The predicted molar refractivity (Wildman–Crippen MR) is 115 cm³/mol. The van der Waals surface area contributed by atoms with Crippen LogP contribution in [0.4, 0.5) is 0 Å². The first-order chi connectivity index (χ1) is 14.3. The molecule has 0 aliphatic carbocycles. The first-order valence-electron chi connectivity index (χ1n) is 10.3. The maximum Gasteiger partial charge on any atom is 0.340 e. The second-order valence-corrected chi connectivity index (χ2v) is 7.74. The van der Waals surface area contributed by atoms with Gasteiger partial charge in [0.05, 0.1) is 12.2 Å². The number of ketones is 1. The van der Waals surface area contributed by atoms with Crippen LogP contribution in [-0.4, -0.2) is 72.3 Å². The number of ether oxygens (including phenoxy) is 1. The molecule has 7 nitrogen and oxygen atoms in total. The fraction of sp³-hybridized carbons (Fsp3) is 0.435. The number of nitrogens with one attached hydrogen (secondary N) is 1. The van der Waals surface area contributed by atoms with Crippen molar-refractivity contribution in [1.82, 2.24) is 14.8 Å². The lowest BCUT2D eigenvalue weighted by Gasteiger charge is -2.34. The number of H-pyrrole nitrogens is 1. The maximum absolute atomic E-state index is 13.2. The number of piperidine rings is 1. The van der Waals surface area contributed by atoms with Gasteiger partial charge >= 0.3 is 5.97 Å². The average molecular weight is 412 g/mol. The Balaban J connectivity index is 1.98. The zero-order valence-electron chi connectivity index (χ0n) is 18.0. The molecule has 160 valence electrons. The van der Waals surface area contributed by atoms with Crippen molar-refractivity contribution in [3.8, 4) is 11.1 Å². The lowest BCUT2D eigenvalue weighted by molar-refractivity contribution is -0.128. The standard InChI is InChI=1S/C23H29N3O4/c1-5-30-23(29)18-15(2)24-20(19(18)16-9-7-6-8-10-16)21(27)22(28)26(4)17-11-13-25(3)14-12-17/h6-10,17,24H,5,11-14H2,1-4H3. The van der Waals surface area contributed by atoms with Crippen molar-refractivity contribution in [1.29, 1.82) is 0 Å². The predicted octanol–water partition coefficient (Wildman–Crippen LogP) is 2.90. The van der Waals surface area contributed by atoms with E-state index in [0.29, 0.717) is 22.4 Å². The minimum Gasteiger partial charge on any atom is -0.462 e. The second-order valence-electron chi connectivity index (χ2n) is 7.74. The molecule has 30 heavy (non-hydrogen) atoms. The third kappa shape index (κ3) is 4.31. The van der Waals surface area contributed by atoms with Crippen molar-refractivity contribution in [2.75, 3.05) is 33.8 Å². The number of likely N-dealkylation sites (tertiary alicyclic amines) is 1. The number of amides is 1. The van der Waals surface area contributed by atoms with E-state index in [1.807, 2.05) is 37.4 Å². The van der Waals surface area contributed by atoms with Crippen molar-refractivity contribution in [2.45, 2.75) is 32.7 Å². The molecule has 0 bridgehead atoms. The lowest BCUT2D eigenvalue weighted by atomic mass is 9.97. The largest absolute Gasteiger partial charge is 0.462 e. The molecular weight excluding hydrogens is 382 g/mol. The average Bonchev–Trinajstić information content (AvgIpc) is 3.10. The van der Waals surface area contributed by atoms with Gasteiger partial charge in [0.2, 0.25) is 0 Å². The highest BCUT2D eigenvalue weighted by Gasteiger charge is 2.33. The SMILES string of the molecule is CCOC(=O)c1c(C)[nH]c(C(=O)C(=O)N(C)C2CCN(C)CC2)c1-c1ccccc1. The van der Waals surface area contributed by atoms with Crippen LogP contribution in [0.25, 0.3) is 11.1 Å². The van der Waals surface area contributed by atoms with E-state index in [9.17, 15) is 14.4 Å². The summed E-state index contributed by atoms with van der Waals surface area (Å²) < 4.78 is 5.21. The lowest BCUT2D eigenvalue weighted by Crippen LogP contribution is -2.46. The Morgan fingerprint density at radius 3 is 2.40 bits per heavy atom. The molecule has 1 saturated heterocycles. The van der Waals surface area contributed by atoms with Gasteiger partial charge in [-0.05, 0) is 52.4 Å². The normalized spacial score (nSPS) is 15.1. The molecule has 0 spiro atoms. The van der Waals surface area contributed by atoms with Gasteiger partial charge in [-0.2, -0.15) is 0 Å². The van der Waals surface area contributed by atoms with Crippen molar-refractivity contribution < 1.29 is 19.1 Å². The number of likely N-dealkylation sites (N-methyl/N-ethyl adjacent to an activating group) is 1. The van der Waals surface area contributed by atoms with Gasteiger partial charge in [0.25, 0.3) is 11.7 Å².